The van der Waals surface area contributed by atoms with Gasteiger partial charge in [-0.05, 0) is 49.3 Å². The zero-order chi connectivity index (χ0) is 12.3. The first-order valence-electron chi connectivity index (χ1n) is 6.88. The summed E-state index contributed by atoms with van der Waals surface area (Å²) in [5.74, 6) is 0.947. The maximum absolute atomic E-state index is 6.51. The Labute approximate surface area is 110 Å². The van der Waals surface area contributed by atoms with Gasteiger partial charge in [0.2, 0.25) is 0 Å². The molecule has 1 saturated carbocycles. The summed E-state index contributed by atoms with van der Waals surface area (Å²) in [7, 11) is 0. The van der Waals surface area contributed by atoms with E-state index in [-0.39, 0.29) is 5.38 Å². The van der Waals surface area contributed by atoms with Crippen molar-refractivity contribution in [1.82, 2.24) is 0 Å². The van der Waals surface area contributed by atoms with Crippen molar-refractivity contribution in [2.75, 3.05) is 0 Å². The van der Waals surface area contributed by atoms with Gasteiger partial charge in [-0.3, -0.25) is 0 Å². The zero-order valence-electron chi connectivity index (χ0n) is 11.0. The van der Waals surface area contributed by atoms with E-state index in [9.17, 15) is 0 Å². The molecule has 94 valence electrons. The van der Waals surface area contributed by atoms with Gasteiger partial charge >= 0.3 is 0 Å². The van der Waals surface area contributed by atoms with Crippen LogP contribution in [0.5, 0.6) is 0 Å². The van der Waals surface area contributed by atoms with Crippen LogP contribution in [-0.2, 0) is 0 Å². The largest absolute Gasteiger partial charge is 0.118 e. The average molecular weight is 251 g/mol. The third-order valence-electron chi connectivity index (χ3n) is 4.20. The van der Waals surface area contributed by atoms with E-state index in [0.717, 1.165) is 12.3 Å². The molecule has 1 aromatic carbocycles. The molecule has 2 rings (SSSR count). The van der Waals surface area contributed by atoms with Gasteiger partial charge in [0, 0.05) is 0 Å². The molecule has 0 saturated heterocycles. The summed E-state index contributed by atoms with van der Waals surface area (Å²) >= 11 is 6.51. The summed E-state index contributed by atoms with van der Waals surface area (Å²) in [5, 5.41) is 0.204. The van der Waals surface area contributed by atoms with E-state index < -0.39 is 0 Å². The maximum atomic E-state index is 6.51. The third-order valence-corrected chi connectivity index (χ3v) is 4.67. The van der Waals surface area contributed by atoms with Crippen molar-refractivity contribution in [3.63, 3.8) is 0 Å². The third kappa shape index (κ3) is 3.48. The summed E-state index contributed by atoms with van der Waals surface area (Å²) in [5.41, 5.74) is 4.01. The Balaban J connectivity index is 1.89. The van der Waals surface area contributed by atoms with Gasteiger partial charge in [0.1, 0.15) is 0 Å². The van der Waals surface area contributed by atoms with Crippen molar-refractivity contribution in [2.45, 2.75) is 57.7 Å². The van der Waals surface area contributed by atoms with Gasteiger partial charge in [-0.2, -0.15) is 0 Å². The van der Waals surface area contributed by atoms with E-state index in [0.29, 0.717) is 0 Å². The molecule has 1 aromatic rings. The Bertz CT molecular complexity index is 364. The van der Waals surface area contributed by atoms with Gasteiger partial charge < -0.3 is 0 Å². The van der Waals surface area contributed by atoms with Crippen LogP contribution in [0, 0.1) is 19.8 Å². The minimum atomic E-state index is 0.204. The Hall–Kier alpha value is -0.490. The molecule has 1 unspecified atom stereocenters. The molecule has 1 aliphatic carbocycles. The van der Waals surface area contributed by atoms with Gasteiger partial charge in [0.15, 0.2) is 0 Å². The van der Waals surface area contributed by atoms with Gasteiger partial charge in [0.25, 0.3) is 0 Å². The number of rotatable bonds is 4. The predicted molar refractivity (Wildman–Crippen MR) is 75.7 cm³/mol. The summed E-state index contributed by atoms with van der Waals surface area (Å²) in [6.07, 6.45) is 8.16. The smallest absolute Gasteiger partial charge is 0.0585 e. The number of alkyl halides is 1. The Morgan fingerprint density at radius 2 is 1.88 bits per heavy atom. The lowest BCUT2D eigenvalue weighted by molar-refractivity contribution is 0.480. The molecule has 0 nitrogen and oxygen atoms in total. The molecule has 0 spiro atoms. The molecule has 0 bridgehead atoms. The highest BCUT2D eigenvalue weighted by molar-refractivity contribution is 6.20. The maximum Gasteiger partial charge on any atom is 0.0585 e. The summed E-state index contributed by atoms with van der Waals surface area (Å²) in [4.78, 5) is 0. The Kier molecular flexibility index (Phi) is 4.50. The topological polar surface area (TPSA) is 0 Å². The fraction of sp³-hybridized carbons (Fsp3) is 0.625. The molecule has 17 heavy (non-hydrogen) atoms. The molecule has 1 atom stereocenters. The van der Waals surface area contributed by atoms with Crippen LogP contribution in [0.15, 0.2) is 18.2 Å². The fourth-order valence-electron chi connectivity index (χ4n) is 2.81. The Morgan fingerprint density at radius 1 is 1.18 bits per heavy atom. The molecule has 1 heteroatoms. The van der Waals surface area contributed by atoms with E-state index >= 15 is 0 Å². The number of hydrogen-bond donors (Lipinski definition) is 0. The second kappa shape index (κ2) is 5.91. The highest BCUT2D eigenvalue weighted by atomic mass is 35.5. The minimum absolute atomic E-state index is 0.204. The molecule has 0 radical (unpaired) electrons. The monoisotopic (exact) mass is 250 g/mol. The van der Waals surface area contributed by atoms with Crippen LogP contribution in [0.2, 0.25) is 0 Å². The highest BCUT2D eigenvalue weighted by Gasteiger charge is 2.17. The van der Waals surface area contributed by atoms with Gasteiger partial charge in [-0.1, -0.05) is 43.9 Å². The van der Waals surface area contributed by atoms with Crippen LogP contribution < -0.4 is 0 Å². The number of benzene rings is 1. The van der Waals surface area contributed by atoms with E-state index in [1.807, 2.05) is 0 Å². The van der Waals surface area contributed by atoms with Crippen LogP contribution in [0.25, 0.3) is 0 Å². The number of aryl methyl sites for hydroxylation is 2. The van der Waals surface area contributed by atoms with E-state index in [2.05, 4.69) is 32.0 Å². The SMILES string of the molecule is Cc1ccc(C(Cl)CCC2CCCC2)cc1C. The highest BCUT2D eigenvalue weighted by Crippen LogP contribution is 2.34. The zero-order valence-corrected chi connectivity index (χ0v) is 11.8. The normalized spacial score (nSPS) is 18.5. The molecule has 0 heterocycles. The average Bonchev–Trinajstić information content (AvgIpc) is 2.82. The standard InChI is InChI=1S/C16H23Cl/c1-12-7-9-15(11-13(12)2)16(17)10-8-14-5-3-4-6-14/h7,9,11,14,16H,3-6,8,10H2,1-2H3. The summed E-state index contributed by atoms with van der Waals surface area (Å²) < 4.78 is 0. The second-order valence-corrected chi connectivity index (χ2v) is 6.07. The van der Waals surface area contributed by atoms with Gasteiger partial charge in [-0.15, -0.1) is 11.6 Å². The lowest BCUT2D eigenvalue weighted by Gasteiger charge is -2.14. The van der Waals surface area contributed by atoms with Gasteiger partial charge in [0.05, 0.1) is 5.38 Å². The van der Waals surface area contributed by atoms with E-state index in [1.165, 1.54) is 48.8 Å². The van der Waals surface area contributed by atoms with Crippen molar-refractivity contribution in [1.29, 1.82) is 0 Å². The molecule has 0 N–H and O–H groups in total. The van der Waals surface area contributed by atoms with Crippen molar-refractivity contribution < 1.29 is 0 Å². The summed E-state index contributed by atoms with van der Waals surface area (Å²) in [6.45, 7) is 4.32. The lowest BCUT2D eigenvalue weighted by atomic mass is 9.96. The summed E-state index contributed by atoms with van der Waals surface area (Å²) in [6, 6.07) is 6.63. The van der Waals surface area contributed by atoms with E-state index in [4.69, 9.17) is 11.6 Å². The number of hydrogen-bond acceptors (Lipinski definition) is 0. The van der Waals surface area contributed by atoms with Crippen molar-refractivity contribution >= 4 is 11.6 Å². The molecular weight excluding hydrogens is 228 g/mol. The second-order valence-electron chi connectivity index (χ2n) is 5.54. The molecular formula is C16H23Cl. The molecule has 1 fully saturated rings. The molecule has 0 amide bonds. The van der Waals surface area contributed by atoms with Crippen LogP contribution in [0.1, 0.15) is 60.6 Å². The van der Waals surface area contributed by atoms with Crippen LogP contribution in [0.3, 0.4) is 0 Å². The molecule has 0 aromatic heterocycles. The van der Waals surface area contributed by atoms with Crippen molar-refractivity contribution in [3.05, 3.63) is 34.9 Å². The minimum Gasteiger partial charge on any atom is -0.118 e. The fourth-order valence-corrected chi connectivity index (χ4v) is 3.07. The van der Waals surface area contributed by atoms with Crippen LogP contribution >= 0.6 is 11.6 Å². The van der Waals surface area contributed by atoms with Crippen molar-refractivity contribution in [2.24, 2.45) is 5.92 Å². The lowest BCUT2D eigenvalue weighted by Crippen LogP contribution is -1.98. The van der Waals surface area contributed by atoms with Crippen LogP contribution in [0.4, 0.5) is 0 Å². The predicted octanol–water partition coefficient (Wildman–Crippen LogP) is 5.55. The molecule has 1 aliphatic rings. The van der Waals surface area contributed by atoms with Crippen molar-refractivity contribution in [3.8, 4) is 0 Å². The number of halogens is 1. The van der Waals surface area contributed by atoms with E-state index in [1.54, 1.807) is 0 Å². The first-order chi connectivity index (χ1) is 8.16. The quantitative estimate of drug-likeness (QED) is 0.615. The van der Waals surface area contributed by atoms with Gasteiger partial charge in [-0.25, -0.2) is 0 Å². The first-order valence-corrected chi connectivity index (χ1v) is 7.31. The van der Waals surface area contributed by atoms with Crippen LogP contribution in [-0.4, -0.2) is 0 Å². The first kappa shape index (κ1) is 13.0. The Morgan fingerprint density at radius 3 is 2.53 bits per heavy atom. The molecule has 0 aliphatic heterocycles.